The fourth-order valence-electron chi connectivity index (χ4n) is 1.47. The normalized spacial score (nSPS) is 10.6. The minimum Gasteiger partial charge on any atom is -0.326 e. The first-order valence-electron chi connectivity index (χ1n) is 4.71. The van der Waals surface area contributed by atoms with Gasteiger partial charge in [-0.15, -0.1) is 0 Å². The second-order valence-electron chi connectivity index (χ2n) is 3.43. The van der Waals surface area contributed by atoms with Crippen molar-refractivity contribution in [3.8, 4) is 5.69 Å². The van der Waals surface area contributed by atoms with Crippen LogP contribution in [-0.2, 0) is 6.54 Å². The lowest BCUT2D eigenvalue weighted by Gasteiger charge is -2.05. The predicted molar refractivity (Wildman–Crippen MR) is 61.2 cm³/mol. The molecular formula is C11H12ClN3. The molecule has 1 aromatic carbocycles. The van der Waals surface area contributed by atoms with E-state index in [1.54, 1.807) is 6.20 Å². The molecule has 1 aromatic heterocycles. The first-order chi connectivity index (χ1) is 7.20. The third-order valence-electron chi connectivity index (χ3n) is 2.28. The van der Waals surface area contributed by atoms with E-state index in [1.807, 2.05) is 36.0 Å². The summed E-state index contributed by atoms with van der Waals surface area (Å²) in [6, 6.07) is 5.72. The summed E-state index contributed by atoms with van der Waals surface area (Å²) in [6.45, 7) is 2.51. The summed E-state index contributed by atoms with van der Waals surface area (Å²) in [6.07, 6.45) is 3.70. The number of nitrogens with zero attached hydrogens (tertiary/aromatic N) is 2. The molecule has 0 unspecified atom stereocenters. The van der Waals surface area contributed by atoms with Crippen molar-refractivity contribution in [1.29, 1.82) is 0 Å². The van der Waals surface area contributed by atoms with Gasteiger partial charge in [-0.3, -0.25) is 0 Å². The van der Waals surface area contributed by atoms with Gasteiger partial charge in [0.25, 0.3) is 0 Å². The third-order valence-corrected chi connectivity index (χ3v) is 2.51. The predicted octanol–water partition coefficient (Wildman–Crippen LogP) is 2.29. The molecular weight excluding hydrogens is 210 g/mol. The van der Waals surface area contributed by atoms with Crippen LogP contribution in [0.25, 0.3) is 5.69 Å². The van der Waals surface area contributed by atoms with Crippen molar-refractivity contribution in [1.82, 2.24) is 9.78 Å². The number of hydrogen-bond donors (Lipinski definition) is 1. The van der Waals surface area contributed by atoms with E-state index in [4.69, 9.17) is 17.3 Å². The monoisotopic (exact) mass is 221 g/mol. The highest BCUT2D eigenvalue weighted by molar-refractivity contribution is 6.30. The zero-order chi connectivity index (χ0) is 10.8. The van der Waals surface area contributed by atoms with Crippen molar-refractivity contribution in [3.05, 3.63) is 46.7 Å². The Morgan fingerprint density at radius 1 is 1.47 bits per heavy atom. The standard InChI is InChI=1S/C11H12ClN3/c1-8-4-10(12)2-3-11(8)15-7-9(5-13)6-14-15/h2-4,6-7H,5,13H2,1H3. The minimum atomic E-state index is 0.507. The van der Waals surface area contributed by atoms with Gasteiger partial charge in [0.15, 0.2) is 0 Å². The largest absolute Gasteiger partial charge is 0.326 e. The minimum absolute atomic E-state index is 0.507. The zero-order valence-corrected chi connectivity index (χ0v) is 9.20. The highest BCUT2D eigenvalue weighted by Gasteiger charge is 2.03. The lowest BCUT2D eigenvalue weighted by atomic mass is 10.2. The van der Waals surface area contributed by atoms with Gasteiger partial charge < -0.3 is 5.73 Å². The molecule has 78 valence electrons. The summed E-state index contributed by atoms with van der Waals surface area (Å²) >= 11 is 5.89. The Morgan fingerprint density at radius 3 is 2.87 bits per heavy atom. The molecule has 2 rings (SSSR count). The van der Waals surface area contributed by atoms with E-state index in [2.05, 4.69) is 5.10 Å². The maximum atomic E-state index is 5.89. The molecule has 0 atom stereocenters. The molecule has 0 radical (unpaired) electrons. The van der Waals surface area contributed by atoms with Gasteiger partial charge in [-0.2, -0.15) is 5.10 Å². The maximum Gasteiger partial charge on any atom is 0.0675 e. The number of hydrogen-bond acceptors (Lipinski definition) is 2. The van der Waals surface area contributed by atoms with Crippen LogP contribution in [0, 0.1) is 6.92 Å². The van der Waals surface area contributed by atoms with Gasteiger partial charge in [0.1, 0.15) is 0 Å². The highest BCUT2D eigenvalue weighted by Crippen LogP contribution is 2.18. The zero-order valence-electron chi connectivity index (χ0n) is 8.44. The van der Waals surface area contributed by atoms with Gasteiger partial charge >= 0.3 is 0 Å². The van der Waals surface area contributed by atoms with E-state index in [-0.39, 0.29) is 0 Å². The number of aryl methyl sites for hydroxylation is 1. The fraction of sp³-hybridized carbons (Fsp3) is 0.182. The Morgan fingerprint density at radius 2 is 2.27 bits per heavy atom. The smallest absolute Gasteiger partial charge is 0.0675 e. The van der Waals surface area contributed by atoms with Gasteiger partial charge in [0.2, 0.25) is 0 Å². The van der Waals surface area contributed by atoms with Gasteiger partial charge in [-0.05, 0) is 30.7 Å². The summed E-state index contributed by atoms with van der Waals surface area (Å²) < 4.78 is 1.81. The average molecular weight is 222 g/mol. The van der Waals surface area contributed by atoms with Crippen molar-refractivity contribution in [2.24, 2.45) is 5.73 Å². The molecule has 3 nitrogen and oxygen atoms in total. The second kappa shape index (κ2) is 4.04. The Kier molecular flexibility index (Phi) is 2.75. The summed E-state index contributed by atoms with van der Waals surface area (Å²) in [5.74, 6) is 0. The molecule has 2 aromatic rings. The van der Waals surface area contributed by atoms with Gasteiger partial charge in [0.05, 0.1) is 11.9 Å². The molecule has 0 aliphatic rings. The second-order valence-corrected chi connectivity index (χ2v) is 3.86. The SMILES string of the molecule is Cc1cc(Cl)ccc1-n1cc(CN)cn1. The van der Waals surface area contributed by atoms with Gasteiger partial charge in [-0.1, -0.05) is 11.6 Å². The first kappa shape index (κ1) is 10.2. The third kappa shape index (κ3) is 2.03. The Balaban J connectivity index is 2.44. The van der Waals surface area contributed by atoms with Gasteiger partial charge in [0, 0.05) is 23.3 Å². The number of halogens is 1. The number of nitrogens with two attached hydrogens (primary N) is 1. The Bertz CT molecular complexity index is 476. The van der Waals surface area contributed by atoms with E-state index < -0.39 is 0 Å². The van der Waals surface area contributed by atoms with Crippen LogP contribution in [0.1, 0.15) is 11.1 Å². The van der Waals surface area contributed by atoms with Crippen molar-refractivity contribution in [2.45, 2.75) is 13.5 Å². The quantitative estimate of drug-likeness (QED) is 0.846. The van der Waals surface area contributed by atoms with Crippen LogP contribution in [0.5, 0.6) is 0 Å². The van der Waals surface area contributed by atoms with Crippen LogP contribution < -0.4 is 5.73 Å². The molecule has 0 saturated heterocycles. The van der Waals surface area contributed by atoms with E-state index in [0.717, 1.165) is 21.8 Å². The Labute approximate surface area is 93.5 Å². The molecule has 0 bridgehead atoms. The molecule has 2 N–H and O–H groups in total. The maximum absolute atomic E-state index is 5.89. The van der Waals surface area contributed by atoms with Crippen molar-refractivity contribution >= 4 is 11.6 Å². The molecule has 0 amide bonds. The van der Waals surface area contributed by atoms with Crippen LogP contribution in [0.4, 0.5) is 0 Å². The molecule has 0 fully saturated rings. The molecule has 0 spiro atoms. The first-order valence-corrected chi connectivity index (χ1v) is 5.08. The number of benzene rings is 1. The lowest BCUT2D eigenvalue weighted by molar-refractivity contribution is 0.872. The van der Waals surface area contributed by atoms with Crippen molar-refractivity contribution < 1.29 is 0 Å². The van der Waals surface area contributed by atoms with E-state index >= 15 is 0 Å². The fourth-order valence-corrected chi connectivity index (χ4v) is 1.70. The molecule has 1 heterocycles. The molecule has 4 heteroatoms. The van der Waals surface area contributed by atoms with E-state index in [9.17, 15) is 0 Å². The summed E-state index contributed by atoms with van der Waals surface area (Å²) in [5, 5.41) is 4.98. The average Bonchev–Trinajstić information content (AvgIpc) is 2.66. The summed E-state index contributed by atoms with van der Waals surface area (Å²) in [5.41, 5.74) is 8.67. The van der Waals surface area contributed by atoms with Gasteiger partial charge in [-0.25, -0.2) is 4.68 Å². The van der Waals surface area contributed by atoms with Crippen molar-refractivity contribution in [2.75, 3.05) is 0 Å². The summed E-state index contributed by atoms with van der Waals surface area (Å²) in [7, 11) is 0. The van der Waals surface area contributed by atoms with Crippen molar-refractivity contribution in [3.63, 3.8) is 0 Å². The summed E-state index contributed by atoms with van der Waals surface area (Å²) in [4.78, 5) is 0. The molecule has 15 heavy (non-hydrogen) atoms. The Hall–Kier alpha value is -1.32. The van der Waals surface area contributed by atoms with E-state index in [0.29, 0.717) is 6.54 Å². The van der Waals surface area contributed by atoms with E-state index in [1.165, 1.54) is 0 Å². The van der Waals surface area contributed by atoms with Crippen LogP contribution >= 0.6 is 11.6 Å². The topological polar surface area (TPSA) is 43.8 Å². The molecule has 0 aliphatic carbocycles. The van der Waals surface area contributed by atoms with Crippen LogP contribution in [0.2, 0.25) is 5.02 Å². The van der Waals surface area contributed by atoms with Crippen LogP contribution in [0.3, 0.4) is 0 Å². The number of aromatic nitrogens is 2. The van der Waals surface area contributed by atoms with Crippen LogP contribution in [-0.4, -0.2) is 9.78 Å². The highest BCUT2D eigenvalue weighted by atomic mass is 35.5. The lowest BCUT2D eigenvalue weighted by Crippen LogP contribution is -1.97. The molecule has 0 aliphatic heterocycles. The number of rotatable bonds is 2. The molecule has 0 saturated carbocycles. The van der Waals surface area contributed by atoms with Crippen LogP contribution in [0.15, 0.2) is 30.6 Å².